The number of carboxylic acid groups (broad SMARTS) is 1. The largest absolute Gasteiger partial charge is 0.478 e. The highest BCUT2D eigenvalue weighted by molar-refractivity contribution is 9.10. The number of carboxylic acids is 1. The molecule has 0 unspecified atom stereocenters. The van der Waals surface area contributed by atoms with Gasteiger partial charge in [0.25, 0.3) is 0 Å². The zero-order chi connectivity index (χ0) is 15.6. The zero-order valence-corrected chi connectivity index (χ0v) is 13.7. The van der Waals surface area contributed by atoms with Crippen molar-refractivity contribution >= 4 is 43.7 Å². The van der Waals surface area contributed by atoms with Crippen LogP contribution in [0.1, 0.15) is 10.4 Å². The van der Waals surface area contributed by atoms with E-state index in [1.54, 1.807) is 30.3 Å². The topological polar surface area (TPSA) is 97.5 Å². The van der Waals surface area contributed by atoms with Gasteiger partial charge in [0.15, 0.2) is 0 Å². The predicted molar refractivity (Wildman–Crippen MR) is 83.0 cm³/mol. The SMILES string of the molecule is NS(=O)(=O)c1ccccc1Sc1ccc(Br)c(C(=O)O)c1. The molecule has 0 bridgehead atoms. The lowest BCUT2D eigenvalue weighted by Gasteiger charge is -2.08. The van der Waals surface area contributed by atoms with Crippen LogP contribution in [0.3, 0.4) is 0 Å². The number of benzene rings is 2. The predicted octanol–water partition coefficient (Wildman–Crippen LogP) is 2.95. The van der Waals surface area contributed by atoms with Gasteiger partial charge in [0, 0.05) is 14.3 Å². The normalized spacial score (nSPS) is 11.3. The highest BCUT2D eigenvalue weighted by Crippen LogP contribution is 2.34. The molecular weight excluding hydrogens is 378 g/mol. The van der Waals surface area contributed by atoms with Gasteiger partial charge in [0.2, 0.25) is 10.0 Å². The van der Waals surface area contributed by atoms with E-state index in [0.29, 0.717) is 14.3 Å². The standard InChI is InChI=1S/C13H10BrNO4S2/c14-10-6-5-8(7-9(10)13(16)17)20-11-3-1-2-4-12(11)21(15,18)19/h1-7H,(H,16,17)(H2,15,18,19). The Morgan fingerprint density at radius 2 is 1.86 bits per heavy atom. The van der Waals surface area contributed by atoms with Gasteiger partial charge in [-0.1, -0.05) is 23.9 Å². The molecule has 0 aliphatic heterocycles. The van der Waals surface area contributed by atoms with E-state index in [0.717, 1.165) is 11.8 Å². The molecule has 110 valence electrons. The van der Waals surface area contributed by atoms with Gasteiger partial charge in [0.1, 0.15) is 0 Å². The average Bonchev–Trinajstić information content (AvgIpc) is 2.40. The van der Waals surface area contributed by atoms with E-state index in [2.05, 4.69) is 15.9 Å². The van der Waals surface area contributed by atoms with Crippen LogP contribution >= 0.6 is 27.7 Å². The Hall–Kier alpha value is -1.35. The molecule has 0 spiro atoms. The lowest BCUT2D eigenvalue weighted by atomic mass is 10.2. The number of aromatic carboxylic acids is 1. The molecule has 5 nitrogen and oxygen atoms in total. The minimum Gasteiger partial charge on any atom is -0.478 e. The fourth-order valence-corrected chi connectivity index (χ4v) is 4.02. The van der Waals surface area contributed by atoms with Gasteiger partial charge in [-0.2, -0.15) is 0 Å². The first-order chi connectivity index (χ1) is 9.79. The van der Waals surface area contributed by atoms with Gasteiger partial charge in [0.05, 0.1) is 10.5 Å². The average molecular weight is 388 g/mol. The Bertz CT molecular complexity index is 806. The Kier molecular flexibility index (Phi) is 4.72. The molecule has 2 aromatic carbocycles. The van der Waals surface area contributed by atoms with Crippen molar-refractivity contribution in [3.8, 4) is 0 Å². The summed E-state index contributed by atoms with van der Waals surface area (Å²) in [6.07, 6.45) is 0. The number of hydrogen-bond acceptors (Lipinski definition) is 4. The second-order valence-electron chi connectivity index (χ2n) is 4.04. The smallest absolute Gasteiger partial charge is 0.336 e. The maximum absolute atomic E-state index is 11.5. The summed E-state index contributed by atoms with van der Waals surface area (Å²) in [7, 11) is -3.83. The summed E-state index contributed by atoms with van der Waals surface area (Å²) < 4.78 is 23.5. The zero-order valence-electron chi connectivity index (χ0n) is 10.5. The Labute approximate surface area is 134 Å². The first-order valence-electron chi connectivity index (χ1n) is 5.61. The monoisotopic (exact) mass is 387 g/mol. The van der Waals surface area contributed by atoms with Gasteiger partial charge in [-0.25, -0.2) is 18.4 Å². The van der Waals surface area contributed by atoms with Crippen molar-refractivity contribution in [2.75, 3.05) is 0 Å². The van der Waals surface area contributed by atoms with Crippen LogP contribution < -0.4 is 5.14 Å². The fourth-order valence-electron chi connectivity index (χ4n) is 1.63. The number of carbonyl (C=O) groups is 1. The molecule has 2 aromatic rings. The highest BCUT2D eigenvalue weighted by Gasteiger charge is 2.15. The lowest BCUT2D eigenvalue weighted by molar-refractivity contribution is 0.0695. The molecule has 0 aromatic heterocycles. The molecule has 0 saturated carbocycles. The maximum Gasteiger partial charge on any atom is 0.336 e. The third kappa shape index (κ3) is 3.85. The van der Waals surface area contributed by atoms with E-state index in [1.165, 1.54) is 12.1 Å². The third-order valence-electron chi connectivity index (χ3n) is 2.55. The molecule has 0 aliphatic carbocycles. The van der Waals surface area contributed by atoms with Crippen molar-refractivity contribution in [3.63, 3.8) is 0 Å². The molecule has 0 amide bonds. The van der Waals surface area contributed by atoms with Crippen molar-refractivity contribution in [1.82, 2.24) is 0 Å². The summed E-state index contributed by atoms with van der Waals surface area (Å²) >= 11 is 4.29. The first-order valence-corrected chi connectivity index (χ1v) is 8.77. The minimum absolute atomic E-state index is 0.00907. The van der Waals surface area contributed by atoms with Crippen LogP contribution in [0.4, 0.5) is 0 Å². The van der Waals surface area contributed by atoms with E-state index in [-0.39, 0.29) is 10.5 Å². The molecule has 0 atom stereocenters. The van der Waals surface area contributed by atoms with Gasteiger partial charge in [-0.3, -0.25) is 0 Å². The van der Waals surface area contributed by atoms with Gasteiger partial charge >= 0.3 is 5.97 Å². The lowest BCUT2D eigenvalue weighted by Crippen LogP contribution is -2.13. The fraction of sp³-hybridized carbons (Fsp3) is 0. The summed E-state index contributed by atoms with van der Waals surface area (Å²) in [5.41, 5.74) is 0.105. The Morgan fingerprint density at radius 3 is 2.48 bits per heavy atom. The summed E-state index contributed by atoms with van der Waals surface area (Å²) in [4.78, 5) is 12.2. The van der Waals surface area contributed by atoms with Crippen LogP contribution in [0, 0.1) is 0 Å². The number of nitrogens with two attached hydrogens (primary N) is 1. The van der Waals surface area contributed by atoms with E-state index < -0.39 is 16.0 Å². The van der Waals surface area contributed by atoms with Crippen molar-refractivity contribution < 1.29 is 18.3 Å². The molecule has 0 saturated heterocycles. The van der Waals surface area contributed by atoms with Crippen LogP contribution in [0.5, 0.6) is 0 Å². The summed E-state index contributed by atoms with van der Waals surface area (Å²) in [6.45, 7) is 0. The van der Waals surface area contributed by atoms with Crippen molar-refractivity contribution in [3.05, 3.63) is 52.5 Å². The van der Waals surface area contributed by atoms with Gasteiger partial charge in [-0.15, -0.1) is 0 Å². The molecule has 0 radical (unpaired) electrons. The quantitative estimate of drug-likeness (QED) is 0.840. The van der Waals surface area contributed by atoms with E-state index in [1.807, 2.05) is 0 Å². The van der Waals surface area contributed by atoms with Gasteiger partial charge in [-0.05, 0) is 46.3 Å². The number of sulfonamides is 1. The molecule has 2 rings (SSSR count). The van der Waals surface area contributed by atoms with E-state index >= 15 is 0 Å². The maximum atomic E-state index is 11.5. The second-order valence-corrected chi connectivity index (χ2v) is 7.54. The minimum atomic E-state index is -3.83. The molecule has 0 heterocycles. The van der Waals surface area contributed by atoms with Gasteiger partial charge < -0.3 is 5.11 Å². The summed E-state index contributed by atoms with van der Waals surface area (Å²) in [5.74, 6) is -1.07. The molecule has 8 heteroatoms. The molecule has 3 N–H and O–H groups in total. The summed E-state index contributed by atoms with van der Waals surface area (Å²) in [5, 5.41) is 14.3. The third-order valence-corrected chi connectivity index (χ3v) is 5.41. The number of hydrogen-bond donors (Lipinski definition) is 2. The van der Waals surface area contributed by atoms with Crippen molar-refractivity contribution in [2.24, 2.45) is 5.14 Å². The highest BCUT2D eigenvalue weighted by atomic mass is 79.9. The Balaban J connectivity index is 2.45. The first kappa shape index (κ1) is 16.0. The summed E-state index contributed by atoms with van der Waals surface area (Å²) in [6, 6.07) is 11.1. The second kappa shape index (κ2) is 6.18. The van der Waals surface area contributed by atoms with Crippen LogP contribution in [-0.4, -0.2) is 19.5 Å². The number of rotatable bonds is 4. The van der Waals surface area contributed by atoms with Crippen molar-refractivity contribution in [2.45, 2.75) is 14.7 Å². The Morgan fingerprint density at radius 1 is 1.19 bits per heavy atom. The van der Waals surface area contributed by atoms with Crippen LogP contribution in [0.2, 0.25) is 0 Å². The van der Waals surface area contributed by atoms with Crippen LogP contribution in [-0.2, 0) is 10.0 Å². The van der Waals surface area contributed by atoms with E-state index in [4.69, 9.17) is 10.2 Å². The number of halogens is 1. The van der Waals surface area contributed by atoms with Crippen molar-refractivity contribution in [1.29, 1.82) is 0 Å². The van der Waals surface area contributed by atoms with Crippen LogP contribution in [0.25, 0.3) is 0 Å². The number of primary sulfonamides is 1. The van der Waals surface area contributed by atoms with Crippen LogP contribution in [0.15, 0.2) is 61.6 Å². The molecular formula is C13H10BrNO4S2. The molecule has 21 heavy (non-hydrogen) atoms. The molecule has 0 fully saturated rings. The van der Waals surface area contributed by atoms with E-state index in [9.17, 15) is 13.2 Å². The molecule has 0 aliphatic rings.